The average molecular weight is 459 g/mol. The molecule has 1 unspecified atom stereocenters. The molecule has 2 rings (SSSR count). The Morgan fingerprint density at radius 1 is 1.26 bits per heavy atom. The fourth-order valence-electron chi connectivity index (χ4n) is 2.02. The number of nitrogens with zero attached hydrogens (tertiary/aromatic N) is 1. The van der Waals surface area contributed by atoms with Gasteiger partial charge in [-0.25, -0.2) is 4.85 Å². The first-order valence-corrected chi connectivity index (χ1v) is 9.32. The van der Waals surface area contributed by atoms with Crippen molar-refractivity contribution in [1.29, 1.82) is 0 Å². The van der Waals surface area contributed by atoms with Crippen LogP contribution in [0.1, 0.15) is 12.5 Å². The summed E-state index contributed by atoms with van der Waals surface area (Å²) in [5, 5.41) is 12.7. The molecule has 2 N–H and O–H groups in total. The second-order valence-electron chi connectivity index (χ2n) is 5.81. The van der Waals surface area contributed by atoms with Gasteiger partial charge in [-0.15, -0.1) is 11.8 Å². The summed E-state index contributed by atoms with van der Waals surface area (Å²) < 4.78 is 39.9. The molecule has 0 aliphatic carbocycles. The molecule has 142 valence electrons. The normalized spacial score (nSPS) is 13.5. The predicted molar refractivity (Wildman–Crippen MR) is 102 cm³/mol. The van der Waals surface area contributed by atoms with E-state index in [4.69, 9.17) is 6.57 Å². The van der Waals surface area contributed by atoms with E-state index in [-0.39, 0.29) is 11.4 Å². The molecule has 0 saturated heterocycles. The van der Waals surface area contributed by atoms with E-state index >= 15 is 0 Å². The number of alkyl halides is 3. The van der Waals surface area contributed by atoms with Gasteiger partial charge in [-0.3, -0.25) is 4.79 Å². The third-order valence-electron chi connectivity index (χ3n) is 3.50. The molecule has 0 spiro atoms. The smallest absolute Gasteiger partial charge is 0.379 e. The zero-order chi connectivity index (χ0) is 20.2. The molecule has 0 heterocycles. The summed E-state index contributed by atoms with van der Waals surface area (Å²) in [5.41, 5.74) is -3.65. The van der Waals surface area contributed by atoms with Crippen molar-refractivity contribution in [2.45, 2.75) is 23.6 Å². The highest BCUT2D eigenvalue weighted by atomic mass is 79.9. The first-order valence-electron chi connectivity index (χ1n) is 7.54. The quantitative estimate of drug-likeness (QED) is 0.459. The van der Waals surface area contributed by atoms with Crippen LogP contribution >= 0.6 is 27.7 Å². The first-order chi connectivity index (χ1) is 12.5. The molecule has 0 radical (unpaired) electrons. The SMILES string of the molecule is [C-]#[N+]c1ccc(NC(=O)C(C)(O)CSc2ccc(Br)cc2)cc1C(F)(F)F. The molecule has 9 heteroatoms. The van der Waals surface area contributed by atoms with Gasteiger partial charge in [0, 0.05) is 20.8 Å². The number of hydrogen-bond acceptors (Lipinski definition) is 3. The zero-order valence-corrected chi connectivity index (χ0v) is 16.4. The molecular formula is C18H14BrF3N2O2S. The summed E-state index contributed by atoms with van der Waals surface area (Å²) in [6, 6.07) is 10.1. The third-order valence-corrected chi connectivity index (χ3v) is 5.34. The average Bonchev–Trinajstić information content (AvgIpc) is 2.60. The van der Waals surface area contributed by atoms with Gasteiger partial charge in [-0.05, 0) is 43.3 Å². The first kappa shape index (κ1) is 21.3. The van der Waals surface area contributed by atoms with Gasteiger partial charge in [0.25, 0.3) is 5.91 Å². The Balaban J connectivity index is 2.11. The largest absolute Gasteiger partial charge is 0.407 e. The van der Waals surface area contributed by atoms with Gasteiger partial charge in [0.1, 0.15) is 5.60 Å². The number of carbonyl (C=O) groups excluding carboxylic acids is 1. The number of nitrogens with one attached hydrogen (secondary N) is 1. The van der Waals surface area contributed by atoms with E-state index < -0.39 is 28.9 Å². The maximum atomic E-state index is 13.0. The lowest BCUT2D eigenvalue weighted by atomic mass is 10.1. The van der Waals surface area contributed by atoms with Gasteiger partial charge < -0.3 is 10.4 Å². The minimum Gasteiger partial charge on any atom is -0.379 e. The predicted octanol–water partition coefficient (Wildman–Crippen LogP) is 5.50. The maximum Gasteiger partial charge on any atom is 0.407 e. The van der Waals surface area contributed by atoms with E-state index in [9.17, 15) is 23.1 Å². The highest BCUT2D eigenvalue weighted by Gasteiger charge is 2.35. The van der Waals surface area contributed by atoms with Crippen LogP contribution in [0, 0.1) is 6.57 Å². The fourth-order valence-corrected chi connectivity index (χ4v) is 3.20. The van der Waals surface area contributed by atoms with Crippen LogP contribution in [0.15, 0.2) is 51.8 Å². The maximum absolute atomic E-state index is 13.0. The second kappa shape index (κ2) is 8.33. The number of halogens is 4. The lowest BCUT2D eigenvalue weighted by Crippen LogP contribution is -2.42. The van der Waals surface area contributed by atoms with Crippen LogP contribution in [0.25, 0.3) is 4.85 Å². The number of rotatable bonds is 5. The molecule has 2 aromatic carbocycles. The van der Waals surface area contributed by atoms with Crippen molar-refractivity contribution >= 4 is 45.0 Å². The monoisotopic (exact) mass is 458 g/mol. The van der Waals surface area contributed by atoms with Crippen molar-refractivity contribution in [3.63, 3.8) is 0 Å². The molecule has 2 aromatic rings. The summed E-state index contributed by atoms with van der Waals surface area (Å²) in [6.07, 6.45) is -4.72. The summed E-state index contributed by atoms with van der Waals surface area (Å²) in [4.78, 5) is 16.0. The van der Waals surface area contributed by atoms with E-state index in [2.05, 4.69) is 26.1 Å². The van der Waals surface area contributed by atoms with Crippen LogP contribution in [-0.2, 0) is 11.0 Å². The number of aliphatic hydroxyl groups is 1. The summed E-state index contributed by atoms with van der Waals surface area (Å²) in [6.45, 7) is 8.10. The molecule has 0 bridgehead atoms. The Hall–Kier alpha value is -2.02. The van der Waals surface area contributed by atoms with Gasteiger partial charge in [-0.1, -0.05) is 22.0 Å². The third kappa shape index (κ3) is 5.73. The van der Waals surface area contributed by atoms with Gasteiger partial charge in [0.15, 0.2) is 5.69 Å². The van der Waals surface area contributed by atoms with Gasteiger partial charge in [-0.2, -0.15) is 13.2 Å². The number of thioether (sulfide) groups is 1. The van der Waals surface area contributed by atoms with Crippen molar-refractivity contribution in [3.05, 3.63) is 63.9 Å². The van der Waals surface area contributed by atoms with Crippen LogP contribution in [-0.4, -0.2) is 22.4 Å². The Labute approximate surface area is 166 Å². The van der Waals surface area contributed by atoms with Gasteiger partial charge in [0.05, 0.1) is 12.1 Å². The number of anilines is 1. The van der Waals surface area contributed by atoms with Crippen molar-refractivity contribution in [2.24, 2.45) is 0 Å². The molecule has 0 fully saturated rings. The van der Waals surface area contributed by atoms with Crippen LogP contribution in [0.5, 0.6) is 0 Å². The fraction of sp³-hybridized carbons (Fsp3) is 0.222. The molecule has 1 amide bonds. The van der Waals surface area contributed by atoms with Crippen molar-refractivity contribution in [1.82, 2.24) is 0 Å². The second-order valence-corrected chi connectivity index (χ2v) is 7.78. The van der Waals surface area contributed by atoms with Crippen LogP contribution < -0.4 is 5.32 Å². The van der Waals surface area contributed by atoms with Crippen molar-refractivity contribution in [2.75, 3.05) is 11.1 Å². The van der Waals surface area contributed by atoms with E-state index in [1.165, 1.54) is 24.8 Å². The van der Waals surface area contributed by atoms with E-state index in [1.54, 1.807) is 12.1 Å². The Kier molecular flexibility index (Phi) is 6.57. The van der Waals surface area contributed by atoms with Gasteiger partial charge in [0.2, 0.25) is 0 Å². The van der Waals surface area contributed by atoms with E-state index in [1.807, 2.05) is 12.1 Å². The molecule has 1 atom stereocenters. The number of hydrogen-bond donors (Lipinski definition) is 2. The number of carbonyl (C=O) groups is 1. The highest BCUT2D eigenvalue weighted by molar-refractivity contribution is 9.10. The molecule has 0 aliphatic heterocycles. The number of amides is 1. The van der Waals surface area contributed by atoms with Gasteiger partial charge >= 0.3 is 6.18 Å². The standard InChI is InChI=1S/C18H14BrF3N2O2S/c1-17(26,10-27-13-6-3-11(19)4-7-13)16(25)24-12-5-8-15(23-2)14(9-12)18(20,21)22/h3-9,26H,10H2,1H3,(H,24,25). The lowest BCUT2D eigenvalue weighted by molar-refractivity contribution is -0.137. The minimum absolute atomic E-state index is 0.00668. The minimum atomic E-state index is -4.72. The molecule has 27 heavy (non-hydrogen) atoms. The van der Waals surface area contributed by atoms with E-state index in [0.717, 1.165) is 15.4 Å². The van der Waals surface area contributed by atoms with Crippen LogP contribution in [0.2, 0.25) is 0 Å². The lowest BCUT2D eigenvalue weighted by Gasteiger charge is -2.22. The number of benzene rings is 2. The molecule has 0 saturated carbocycles. The van der Waals surface area contributed by atoms with E-state index in [0.29, 0.717) is 6.07 Å². The summed E-state index contributed by atoms with van der Waals surface area (Å²) in [7, 11) is 0. The topological polar surface area (TPSA) is 53.7 Å². The summed E-state index contributed by atoms with van der Waals surface area (Å²) in [5.74, 6) is -0.831. The van der Waals surface area contributed by atoms with Crippen molar-refractivity contribution in [3.8, 4) is 0 Å². The Morgan fingerprint density at radius 2 is 1.89 bits per heavy atom. The zero-order valence-electron chi connectivity index (χ0n) is 14.0. The molecular weight excluding hydrogens is 445 g/mol. The van der Waals surface area contributed by atoms with Crippen LogP contribution in [0.4, 0.5) is 24.5 Å². The Morgan fingerprint density at radius 3 is 2.44 bits per heavy atom. The Bertz CT molecular complexity index is 878. The van der Waals surface area contributed by atoms with Crippen LogP contribution in [0.3, 0.4) is 0 Å². The molecule has 4 nitrogen and oxygen atoms in total. The molecule has 0 aliphatic rings. The van der Waals surface area contributed by atoms with Crippen molar-refractivity contribution < 1.29 is 23.1 Å². The molecule has 0 aromatic heterocycles. The summed E-state index contributed by atoms with van der Waals surface area (Å²) >= 11 is 4.54. The highest BCUT2D eigenvalue weighted by Crippen LogP contribution is 2.38.